The van der Waals surface area contributed by atoms with Crippen LogP contribution in [0.25, 0.3) is 0 Å². The van der Waals surface area contributed by atoms with E-state index in [9.17, 15) is 44.6 Å². The summed E-state index contributed by atoms with van der Waals surface area (Å²) in [7, 11) is -9.31. The average molecular weight is 552 g/mol. The molecule has 2 aromatic carbocycles. The molecule has 2 aromatic rings. The van der Waals surface area contributed by atoms with Crippen molar-refractivity contribution in [3.05, 3.63) is 57.8 Å². The number of rotatable bonds is 5. The van der Waals surface area contributed by atoms with E-state index in [1.54, 1.807) is 0 Å². The molecule has 3 rings (SSSR count). The van der Waals surface area contributed by atoms with E-state index in [4.69, 9.17) is 23.2 Å². The van der Waals surface area contributed by atoms with E-state index in [0.717, 1.165) is 12.1 Å². The van der Waals surface area contributed by atoms with Crippen LogP contribution in [0.3, 0.4) is 0 Å². The predicted molar refractivity (Wildman–Crippen MR) is 110 cm³/mol. The molecule has 0 aromatic heterocycles. The Morgan fingerprint density at radius 1 is 1.06 bits per heavy atom. The fourth-order valence-corrected chi connectivity index (χ4v) is 7.60. The van der Waals surface area contributed by atoms with E-state index in [-0.39, 0.29) is 5.02 Å². The summed E-state index contributed by atoms with van der Waals surface area (Å²) in [6.45, 7) is -2.98. The SMILES string of the molecule is O=S(=O)(c1ccc(Cl)c(F)c1)[C@H]1CN(S(=O)(=O)c2ccc(C(F)(F)F)cc2Cl)C[C@]1(O)CO. The van der Waals surface area contributed by atoms with Gasteiger partial charge in [0.25, 0.3) is 0 Å². The fourth-order valence-electron chi connectivity index (χ4n) is 3.39. The highest BCUT2D eigenvalue weighted by Crippen LogP contribution is 2.38. The van der Waals surface area contributed by atoms with E-state index in [0.29, 0.717) is 28.6 Å². The third-order valence-electron chi connectivity index (χ3n) is 5.16. The molecule has 0 amide bonds. The Labute approximate surface area is 196 Å². The summed E-state index contributed by atoms with van der Waals surface area (Å²) in [5, 5.41) is 17.3. The number of benzene rings is 2. The van der Waals surface area contributed by atoms with Crippen LogP contribution < -0.4 is 0 Å². The van der Waals surface area contributed by atoms with E-state index in [2.05, 4.69) is 0 Å². The molecule has 0 saturated carbocycles. The van der Waals surface area contributed by atoms with Gasteiger partial charge in [0.1, 0.15) is 21.6 Å². The second-order valence-corrected chi connectivity index (χ2v) is 12.2. The highest BCUT2D eigenvalue weighted by Gasteiger charge is 2.55. The number of aliphatic hydroxyl groups excluding tert-OH is 1. The van der Waals surface area contributed by atoms with Crippen LogP contribution in [0.15, 0.2) is 46.2 Å². The maximum atomic E-state index is 13.8. The molecule has 33 heavy (non-hydrogen) atoms. The normalized spacial score (nSPS) is 22.6. The van der Waals surface area contributed by atoms with Gasteiger partial charge in [-0.1, -0.05) is 23.2 Å². The first kappa shape index (κ1) is 26.1. The highest BCUT2D eigenvalue weighted by atomic mass is 35.5. The summed E-state index contributed by atoms with van der Waals surface area (Å²) in [6, 6.07) is 3.97. The lowest BCUT2D eigenvalue weighted by Crippen LogP contribution is -2.49. The molecule has 182 valence electrons. The van der Waals surface area contributed by atoms with Crippen LogP contribution in [-0.2, 0) is 26.0 Å². The molecule has 0 unspecified atom stereocenters. The Morgan fingerprint density at radius 2 is 1.70 bits per heavy atom. The van der Waals surface area contributed by atoms with E-state index >= 15 is 0 Å². The van der Waals surface area contributed by atoms with Crippen molar-refractivity contribution in [2.75, 3.05) is 19.7 Å². The molecule has 7 nitrogen and oxygen atoms in total. The van der Waals surface area contributed by atoms with Crippen LogP contribution in [0, 0.1) is 5.82 Å². The van der Waals surface area contributed by atoms with Crippen LogP contribution in [0.5, 0.6) is 0 Å². The van der Waals surface area contributed by atoms with Crippen molar-refractivity contribution in [2.45, 2.75) is 26.8 Å². The summed E-state index contributed by atoms with van der Waals surface area (Å²) >= 11 is 11.3. The first-order chi connectivity index (χ1) is 15.0. The van der Waals surface area contributed by atoms with E-state index < -0.39 is 82.8 Å². The molecule has 0 radical (unpaired) electrons. The van der Waals surface area contributed by atoms with Gasteiger partial charge in [0.15, 0.2) is 9.84 Å². The molecular weight excluding hydrogens is 537 g/mol. The Morgan fingerprint density at radius 3 is 2.21 bits per heavy atom. The fraction of sp³-hybridized carbons (Fsp3) is 0.333. The molecule has 15 heteroatoms. The zero-order valence-electron chi connectivity index (χ0n) is 16.2. The average Bonchev–Trinajstić information content (AvgIpc) is 3.09. The third-order valence-corrected chi connectivity index (χ3v) is 10.0. The lowest BCUT2D eigenvalue weighted by atomic mass is 10.1. The van der Waals surface area contributed by atoms with Crippen molar-refractivity contribution in [3.63, 3.8) is 0 Å². The molecule has 1 fully saturated rings. The highest BCUT2D eigenvalue weighted by molar-refractivity contribution is 7.92. The van der Waals surface area contributed by atoms with Crippen molar-refractivity contribution in [1.29, 1.82) is 0 Å². The molecule has 1 saturated heterocycles. The van der Waals surface area contributed by atoms with Gasteiger partial charge in [-0.3, -0.25) is 0 Å². The molecule has 2 atom stereocenters. The van der Waals surface area contributed by atoms with Crippen LogP contribution in [0.1, 0.15) is 5.56 Å². The number of sulfonamides is 1. The molecule has 2 N–H and O–H groups in total. The quantitative estimate of drug-likeness (QED) is 0.552. The Bertz CT molecular complexity index is 1300. The second-order valence-electron chi connectivity index (χ2n) is 7.31. The summed E-state index contributed by atoms with van der Waals surface area (Å²) in [5.41, 5.74) is -3.70. The van der Waals surface area contributed by atoms with Gasteiger partial charge >= 0.3 is 6.18 Å². The number of β-amino-alcohol motifs (C(OH)–C–C–N with tert-alkyl or cyclic N) is 1. The maximum Gasteiger partial charge on any atom is 0.416 e. The van der Waals surface area contributed by atoms with Crippen molar-refractivity contribution in [2.24, 2.45) is 0 Å². The predicted octanol–water partition coefficient (Wildman–Crippen LogP) is 2.72. The number of halogens is 6. The first-order valence-corrected chi connectivity index (χ1v) is 12.7. The van der Waals surface area contributed by atoms with Crippen molar-refractivity contribution in [1.82, 2.24) is 4.31 Å². The van der Waals surface area contributed by atoms with Crippen molar-refractivity contribution < 1.29 is 44.6 Å². The smallest absolute Gasteiger partial charge is 0.393 e. The van der Waals surface area contributed by atoms with Crippen LogP contribution in [0.4, 0.5) is 17.6 Å². The summed E-state index contributed by atoms with van der Waals surface area (Å²) < 4.78 is 105. The van der Waals surface area contributed by atoms with Crippen molar-refractivity contribution in [3.8, 4) is 0 Å². The molecule has 1 aliphatic heterocycles. The van der Waals surface area contributed by atoms with Gasteiger partial charge in [0, 0.05) is 13.1 Å². The topological polar surface area (TPSA) is 112 Å². The standard InChI is InChI=1S/C18H15Cl2F4NO6S2/c19-12-3-2-11(6-14(12)21)32(28,29)16-7-25(8-17(16,27)9-26)33(30,31)15-4-1-10(5-13(15)20)18(22,23)24/h1-6,16,26-27H,7-9H2/t16-,17-/m0/s1. The van der Waals surface area contributed by atoms with Crippen LogP contribution in [-0.4, -0.2) is 61.9 Å². The zero-order valence-corrected chi connectivity index (χ0v) is 19.4. The number of nitrogens with zero attached hydrogens (tertiary/aromatic N) is 1. The van der Waals surface area contributed by atoms with E-state index in [1.807, 2.05) is 0 Å². The van der Waals surface area contributed by atoms with Gasteiger partial charge in [-0.05, 0) is 36.4 Å². The number of aliphatic hydroxyl groups is 2. The maximum absolute atomic E-state index is 13.8. The lowest BCUT2D eigenvalue weighted by molar-refractivity contribution is -0.137. The largest absolute Gasteiger partial charge is 0.416 e. The van der Waals surface area contributed by atoms with Gasteiger partial charge < -0.3 is 10.2 Å². The van der Waals surface area contributed by atoms with Crippen molar-refractivity contribution >= 4 is 43.1 Å². The van der Waals surface area contributed by atoms with Crippen LogP contribution >= 0.6 is 23.2 Å². The summed E-state index contributed by atoms with van der Waals surface area (Å²) in [6.07, 6.45) is -4.79. The molecule has 1 aliphatic rings. The Hall–Kier alpha value is -1.48. The second kappa shape index (κ2) is 8.63. The molecule has 1 heterocycles. The van der Waals surface area contributed by atoms with Gasteiger partial charge in [0.2, 0.25) is 10.0 Å². The minimum atomic E-state index is -4.79. The lowest BCUT2D eigenvalue weighted by Gasteiger charge is -2.26. The van der Waals surface area contributed by atoms with Gasteiger partial charge in [0.05, 0.1) is 27.1 Å². The third kappa shape index (κ3) is 4.72. The Balaban J connectivity index is 2.03. The van der Waals surface area contributed by atoms with Crippen LogP contribution in [0.2, 0.25) is 10.0 Å². The molecule has 0 aliphatic carbocycles. The van der Waals surface area contributed by atoms with Gasteiger partial charge in [-0.15, -0.1) is 0 Å². The summed E-state index contributed by atoms with van der Waals surface area (Å²) in [5.74, 6) is -1.08. The molecule has 0 bridgehead atoms. The number of hydrogen-bond acceptors (Lipinski definition) is 6. The molecular formula is C18H15Cl2F4NO6S2. The zero-order chi connectivity index (χ0) is 25.0. The van der Waals surface area contributed by atoms with Gasteiger partial charge in [-0.25, -0.2) is 21.2 Å². The minimum absolute atomic E-state index is 0.376. The monoisotopic (exact) mass is 551 g/mol. The minimum Gasteiger partial charge on any atom is -0.393 e. The molecule has 0 spiro atoms. The summed E-state index contributed by atoms with van der Waals surface area (Å²) in [4.78, 5) is -1.37. The number of sulfone groups is 1. The van der Waals surface area contributed by atoms with Gasteiger partial charge in [-0.2, -0.15) is 17.5 Å². The first-order valence-electron chi connectivity index (χ1n) is 8.93. The number of alkyl halides is 3. The van der Waals surface area contributed by atoms with E-state index in [1.165, 1.54) is 0 Å². The number of hydrogen-bond donors (Lipinski definition) is 2. The Kier molecular flexibility index (Phi) is 6.83.